The van der Waals surface area contributed by atoms with Crippen LogP contribution in [0.4, 0.5) is 0 Å². The van der Waals surface area contributed by atoms with Gasteiger partial charge in [-0.3, -0.25) is 4.79 Å². The summed E-state index contributed by atoms with van der Waals surface area (Å²) in [6, 6.07) is 20.4. The average Bonchev–Trinajstić information content (AvgIpc) is 2.71. The van der Waals surface area contributed by atoms with Crippen LogP contribution in [0.2, 0.25) is 0 Å². The van der Waals surface area contributed by atoms with Gasteiger partial charge in [0.2, 0.25) is 0 Å². The molecule has 0 aromatic heterocycles. The van der Waals surface area contributed by atoms with Crippen molar-refractivity contribution in [1.29, 1.82) is 0 Å². The fraction of sp³-hybridized carbons (Fsp3) is 0.182. The lowest BCUT2D eigenvalue weighted by Gasteiger charge is -2.09. The van der Waals surface area contributed by atoms with E-state index in [9.17, 15) is 14.7 Å². The van der Waals surface area contributed by atoms with Gasteiger partial charge in [0.05, 0.1) is 0 Å². The second-order valence-corrected chi connectivity index (χ2v) is 6.20. The molecule has 0 bridgehead atoms. The molecule has 3 aromatic carbocycles. The quantitative estimate of drug-likeness (QED) is 0.498. The number of rotatable bonds is 7. The number of hydrogen-bond acceptors (Lipinski definition) is 4. The highest BCUT2D eigenvalue weighted by Gasteiger charge is 2.16. The minimum atomic E-state index is -0.724. The molecule has 0 saturated carbocycles. The molecule has 0 heterocycles. The number of fused-ring (bicyclic) bond motifs is 1. The Balaban J connectivity index is 1.46. The van der Waals surface area contributed by atoms with E-state index in [0.717, 1.165) is 18.2 Å². The molecule has 0 atom stereocenters. The number of amides is 1. The van der Waals surface area contributed by atoms with Crippen molar-refractivity contribution in [2.45, 2.75) is 12.8 Å². The van der Waals surface area contributed by atoms with E-state index in [0.29, 0.717) is 11.9 Å². The summed E-state index contributed by atoms with van der Waals surface area (Å²) in [5, 5.41) is 14.4. The zero-order chi connectivity index (χ0) is 19.1. The predicted octanol–water partition coefficient (Wildman–Crippen LogP) is 3.45. The van der Waals surface area contributed by atoms with Gasteiger partial charge in [-0.1, -0.05) is 60.7 Å². The van der Waals surface area contributed by atoms with E-state index < -0.39 is 5.97 Å². The van der Waals surface area contributed by atoms with Gasteiger partial charge in [0.1, 0.15) is 11.3 Å². The van der Waals surface area contributed by atoms with Gasteiger partial charge in [-0.25, -0.2) is 4.79 Å². The number of aryl methyl sites for hydroxylation is 1. The molecule has 3 rings (SSSR count). The lowest BCUT2D eigenvalue weighted by molar-refractivity contribution is -0.124. The van der Waals surface area contributed by atoms with Crippen molar-refractivity contribution < 1.29 is 19.4 Å². The number of carbonyl (C=O) groups excluding carboxylic acids is 2. The van der Waals surface area contributed by atoms with Gasteiger partial charge in [0.25, 0.3) is 5.91 Å². The third-order valence-corrected chi connectivity index (χ3v) is 4.26. The molecule has 138 valence electrons. The lowest BCUT2D eigenvalue weighted by atomic mass is 10.1. The molecule has 0 radical (unpaired) electrons. The number of esters is 1. The van der Waals surface area contributed by atoms with Crippen LogP contribution in [0.25, 0.3) is 10.8 Å². The molecule has 27 heavy (non-hydrogen) atoms. The van der Waals surface area contributed by atoms with E-state index in [1.54, 1.807) is 18.2 Å². The number of carbonyl (C=O) groups is 2. The van der Waals surface area contributed by atoms with Crippen LogP contribution in [0.3, 0.4) is 0 Å². The first-order valence-corrected chi connectivity index (χ1v) is 8.83. The second kappa shape index (κ2) is 8.85. The topological polar surface area (TPSA) is 75.6 Å². The van der Waals surface area contributed by atoms with Gasteiger partial charge in [0, 0.05) is 11.9 Å². The lowest BCUT2D eigenvalue weighted by Crippen LogP contribution is -2.29. The third-order valence-electron chi connectivity index (χ3n) is 4.26. The second-order valence-electron chi connectivity index (χ2n) is 6.20. The van der Waals surface area contributed by atoms with E-state index in [2.05, 4.69) is 5.32 Å². The molecule has 0 fully saturated rings. The van der Waals surface area contributed by atoms with Crippen molar-refractivity contribution in [3.05, 3.63) is 77.9 Å². The molecule has 3 aromatic rings. The van der Waals surface area contributed by atoms with Crippen LogP contribution >= 0.6 is 0 Å². The highest BCUT2D eigenvalue weighted by Crippen LogP contribution is 2.28. The predicted molar refractivity (Wildman–Crippen MR) is 104 cm³/mol. The van der Waals surface area contributed by atoms with Crippen LogP contribution in [-0.4, -0.2) is 30.1 Å². The standard InChI is InChI=1S/C22H21NO4/c24-20(23-14-6-9-16-7-2-1-3-8-16)15-27-22(26)19-13-12-17-10-4-5-11-18(17)21(19)25/h1-5,7-8,10-13,25H,6,9,14-15H2,(H,23,24). The molecule has 1 amide bonds. The summed E-state index contributed by atoms with van der Waals surface area (Å²) in [6.45, 7) is 0.128. The Bertz CT molecular complexity index is 937. The minimum Gasteiger partial charge on any atom is -0.506 e. The van der Waals surface area contributed by atoms with Gasteiger partial charge < -0.3 is 15.2 Å². The van der Waals surface area contributed by atoms with E-state index in [4.69, 9.17) is 4.74 Å². The maximum atomic E-state index is 12.2. The summed E-state index contributed by atoms with van der Waals surface area (Å²) >= 11 is 0. The fourth-order valence-electron chi connectivity index (χ4n) is 2.84. The molecular weight excluding hydrogens is 342 g/mol. The van der Waals surface area contributed by atoms with Crippen LogP contribution in [0.5, 0.6) is 5.75 Å². The minimum absolute atomic E-state index is 0.0468. The summed E-state index contributed by atoms with van der Waals surface area (Å²) < 4.78 is 5.02. The van der Waals surface area contributed by atoms with Crippen LogP contribution in [-0.2, 0) is 16.0 Å². The third kappa shape index (κ3) is 4.85. The summed E-state index contributed by atoms with van der Waals surface area (Å²) in [7, 11) is 0. The van der Waals surface area contributed by atoms with Gasteiger partial charge in [-0.2, -0.15) is 0 Å². The fourth-order valence-corrected chi connectivity index (χ4v) is 2.84. The molecule has 0 unspecified atom stereocenters. The van der Waals surface area contributed by atoms with Gasteiger partial charge in [0.15, 0.2) is 6.61 Å². The van der Waals surface area contributed by atoms with Crippen molar-refractivity contribution in [3.8, 4) is 5.75 Å². The summed E-state index contributed by atoms with van der Waals surface area (Å²) in [6.07, 6.45) is 1.67. The molecule has 0 spiro atoms. The van der Waals surface area contributed by atoms with Crippen molar-refractivity contribution in [3.63, 3.8) is 0 Å². The maximum Gasteiger partial charge on any atom is 0.342 e. The van der Waals surface area contributed by atoms with Crippen molar-refractivity contribution >= 4 is 22.6 Å². The normalized spacial score (nSPS) is 10.5. The first-order valence-electron chi connectivity index (χ1n) is 8.83. The summed E-state index contributed by atoms with van der Waals surface area (Å²) in [5.74, 6) is -1.23. The van der Waals surface area contributed by atoms with Crippen molar-refractivity contribution in [1.82, 2.24) is 5.32 Å². The smallest absolute Gasteiger partial charge is 0.342 e. The van der Waals surface area contributed by atoms with Crippen LogP contribution < -0.4 is 5.32 Å². The van der Waals surface area contributed by atoms with E-state index in [1.807, 2.05) is 42.5 Å². The molecular formula is C22H21NO4. The Morgan fingerprint density at radius 1 is 0.926 bits per heavy atom. The zero-order valence-electron chi connectivity index (χ0n) is 14.9. The number of aromatic hydroxyl groups is 1. The monoisotopic (exact) mass is 363 g/mol. The Hall–Kier alpha value is -3.34. The molecule has 0 aliphatic heterocycles. The van der Waals surface area contributed by atoms with Crippen LogP contribution in [0.15, 0.2) is 66.7 Å². The van der Waals surface area contributed by atoms with Crippen molar-refractivity contribution in [2.24, 2.45) is 0 Å². The van der Waals surface area contributed by atoms with Crippen molar-refractivity contribution in [2.75, 3.05) is 13.2 Å². The molecule has 5 heteroatoms. The zero-order valence-corrected chi connectivity index (χ0v) is 14.9. The van der Waals surface area contributed by atoms with Gasteiger partial charge in [-0.15, -0.1) is 0 Å². The average molecular weight is 363 g/mol. The van der Waals surface area contributed by atoms with E-state index in [-0.39, 0.29) is 23.8 Å². The number of nitrogens with one attached hydrogen (secondary N) is 1. The SMILES string of the molecule is O=C(COC(=O)c1ccc2ccccc2c1O)NCCCc1ccccc1. The number of phenolic OH excluding ortho intramolecular Hbond substituents is 1. The maximum absolute atomic E-state index is 12.2. The Morgan fingerprint density at radius 3 is 2.48 bits per heavy atom. The van der Waals surface area contributed by atoms with E-state index in [1.165, 1.54) is 11.6 Å². The number of ether oxygens (including phenoxy) is 1. The number of hydrogen-bond donors (Lipinski definition) is 2. The van der Waals surface area contributed by atoms with E-state index >= 15 is 0 Å². The van der Waals surface area contributed by atoms with Gasteiger partial charge in [-0.05, 0) is 29.9 Å². The summed E-state index contributed by atoms with van der Waals surface area (Å²) in [5.41, 5.74) is 1.26. The molecule has 0 aliphatic carbocycles. The molecule has 5 nitrogen and oxygen atoms in total. The van der Waals surface area contributed by atoms with Crippen LogP contribution in [0.1, 0.15) is 22.3 Å². The largest absolute Gasteiger partial charge is 0.506 e. The first-order chi connectivity index (χ1) is 13.1. The number of phenols is 1. The highest BCUT2D eigenvalue weighted by atomic mass is 16.5. The first kappa shape index (κ1) is 18.5. The Morgan fingerprint density at radius 2 is 1.67 bits per heavy atom. The van der Waals surface area contributed by atoms with Gasteiger partial charge >= 0.3 is 5.97 Å². The highest BCUT2D eigenvalue weighted by molar-refractivity contribution is 6.01. The Labute approximate surface area is 157 Å². The molecule has 0 aliphatic rings. The number of benzene rings is 3. The Kier molecular flexibility index (Phi) is 6.05. The molecule has 2 N–H and O–H groups in total. The molecule has 0 saturated heterocycles. The van der Waals surface area contributed by atoms with Crippen LogP contribution in [0, 0.1) is 0 Å². The summed E-state index contributed by atoms with van der Waals surface area (Å²) in [4.78, 5) is 24.0.